The molecule has 0 saturated heterocycles. The Labute approximate surface area is 70.0 Å². The molecule has 0 amide bonds. The van der Waals surface area contributed by atoms with Crippen molar-refractivity contribution in [2.45, 2.75) is 39.5 Å². The van der Waals surface area contributed by atoms with Gasteiger partial charge in [-0.2, -0.15) is 0 Å². The topological polar surface area (TPSA) is 0 Å². The Hall–Kier alpha value is -0.520. The van der Waals surface area contributed by atoms with Crippen LogP contribution in [0.15, 0.2) is 23.8 Å². The van der Waals surface area contributed by atoms with Crippen molar-refractivity contribution in [2.75, 3.05) is 0 Å². The highest BCUT2D eigenvalue weighted by molar-refractivity contribution is 5.06. The Morgan fingerprint density at radius 2 is 2.27 bits per heavy atom. The first kappa shape index (κ1) is 8.58. The molecular formula is C11H18. The van der Waals surface area contributed by atoms with Gasteiger partial charge in [-0.3, -0.25) is 0 Å². The van der Waals surface area contributed by atoms with Gasteiger partial charge in [-0.25, -0.2) is 0 Å². The van der Waals surface area contributed by atoms with E-state index in [4.69, 9.17) is 0 Å². The van der Waals surface area contributed by atoms with E-state index in [1.807, 2.05) is 0 Å². The predicted molar refractivity (Wildman–Crippen MR) is 50.5 cm³/mol. The maximum Gasteiger partial charge on any atom is -0.0203 e. The van der Waals surface area contributed by atoms with Gasteiger partial charge in [-0.15, -0.1) is 0 Å². The van der Waals surface area contributed by atoms with E-state index in [-0.39, 0.29) is 0 Å². The van der Waals surface area contributed by atoms with E-state index in [9.17, 15) is 0 Å². The van der Waals surface area contributed by atoms with Gasteiger partial charge in [0, 0.05) is 0 Å². The molecule has 62 valence electrons. The second-order valence-electron chi connectivity index (χ2n) is 3.71. The van der Waals surface area contributed by atoms with Crippen LogP contribution in [0.2, 0.25) is 0 Å². The molecule has 0 heteroatoms. The lowest BCUT2D eigenvalue weighted by Gasteiger charge is -2.12. The molecule has 0 fully saturated rings. The average Bonchev–Trinajstić information content (AvgIpc) is 2.13. The highest BCUT2D eigenvalue weighted by atomic mass is 14.2. The zero-order valence-corrected chi connectivity index (χ0v) is 7.69. The summed E-state index contributed by atoms with van der Waals surface area (Å²) in [6.45, 7) is 8.42. The standard InChI is InChI=1S/C11H18/c1-9(2)11-6-4-5-10(3)7-8-11/h5,11H,1,4,6-8H2,2-3H3. The van der Waals surface area contributed by atoms with Gasteiger partial charge in [-0.05, 0) is 45.4 Å². The van der Waals surface area contributed by atoms with E-state index in [0.29, 0.717) is 0 Å². The summed E-state index contributed by atoms with van der Waals surface area (Å²) in [7, 11) is 0. The average molecular weight is 150 g/mol. The number of allylic oxidation sites excluding steroid dienone is 3. The quantitative estimate of drug-likeness (QED) is 0.500. The lowest BCUT2D eigenvalue weighted by molar-refractivity contribution is 0.537. The van der Waals surface area contributed by atoms with E-state index in [2.05, 4.69) is 26.5 Å². The van der Waals surface area contributed by atoms with Crippen molar-refractivity contribution in [1.29, 1.82) is 0 Å². The molecular weight excluding hydrogens is 132 g/mol. The maximum absolute atomic E-state index is 4.02. The number of hydrogen-bond acceptors (Lipinski definition) is 0. The third kappa shape index (κ3) is 2.53. The van der Waals surface area contributed by atoms with Gasteiger partial charge >= 0.3 is 0 Å². The molecule has 0 aliphatic heterocycles. The van der Waals surface area contributed by atoms with Crippen LogP contribution in [0.25, 0.3) is 0 Å². The molecule has 0 aromatic heterocycles. The smallest absolute Gasteiger partial charge is 0.0203 e. The van der Waals surface area contributed by atoms with Crippen molar-refractivity contribution in [3.8, 4) is 0 Å². The van der Waals surface area contributed by atoms with Crippen LogP contribution in [-0.4, -0.2) is 0 Å². The largest absolute Gasteiger partial charge is 0.0999 e. The van der Waals surface area contributed by atoms with E-state index in [0.717, 1.165) is 5.92 Å². The Morgan fingerprint density at radius 1 is 1.55 bits per heavy atom. The SMILES string of the molecule is C=C(C)C1CCC=C(C)CC1. The normalized spacial score (nSPS) is 25.6. The Balaban J connectivity index is 2.47. The monoisotopic (exact) mass is 150 g/mol. The summed E-state index contributed by atoms with van der Waals surface area (Å²) in [4.78, 5) is 0. The van der Waals surface area contributed by atoms with Gasteiger partial charge in [0.1, 0.15) is 0 Å². The summed E-state index contributed by atoms with van der Waals surface area (Å²) in [5, 5.41) is 0. The molecule has 0 spiro atoms. The van der Waals surface area contributed by atoms with Crippen LogP contribution < -0.4 is 0 Å². The highest BCUT2D eigenvalue weighted by Crippen LogP contribution is 2.26. The minimum absolute atomic E-state index is 0.781. The Kier molecular flexibility index (Phi) is 2.92. The van der Waals surface area contributed by atoms with Crippen LogP contribution in [0.5, 0.6) is 0 Å². The molecule has 1 rings (SSSR count). The first-order valence-corrected chi connectivity index (χ1v) is 4.51. The molecule has 11 heavy (non-hydrogen) atoms. The number of rotatable bonds is 1. The molecule has 0 bridgehead atoms. The Bertz CT molecular complexity index is 174. The first-order valence-electron chi connectivity index (χ1n) is 4.51. The predicted octanol–water partition coefficient (Wildman–Crippen LogP) is 3.70. The molecule has 0 nitrogen and oxygen atoms in total. The zero-order valence-electron chi connectivity index (χ0n) is 7.69. The highest BCUT2D eigenvalue weighted by Gasteiger charge is 2.11. The van der Waals surface area contributed by atoms with E-state index in [1.54, 1.807) is 5.57 Å². The molecule has 1 atom stereocenters. The van der Waals surface area contributed by atoms with Crippen LogP contribution in [0.3, 0.4) is 0 Å². The molecule has 0 aromatic carbocycles. The van der Waals surface area contributed by atoms with Crippen molar-refractivity contribution in [2.24, 2.45) is 5.92 Å². The first-order chi connectivity index (χ1) is 5.20. The van der Waals surface area contributed by atoms with Crippen LogP contribution >= 0.6 is 0 Å². The Morgan fingerprint density at radius 3 is 2.91 bits per heavy atom. The third-order valence-electron chi connectivity index (χ3n) is 2.59. The second kappa shape index (κ2) is 3.75. The summed E-state index contributed by atoms with van der Waals surface area (Å²) in [5.41, 5.74) is 2.93. The van der Waals surface area contributed by atoms with Crippen molar-refractivity contribution >= 4 is 0 Å². The summed E-state index contributed by atoms with van der Waals surface area (Å²) in [6, 6.07) is 0. The fourth-order valence-corrected chi connectivity index (χ4v) is 1.67. The molecule has 0 heterocycles. The summed E-state index contributed by atoms with van der Waals surface area (Å²) in [6.07, 6.45) is 7.54. The van der Waals surface area contributed by atoms with Crippen LogP contribution in [0, 0.1) is 5.92 Å². The minimum atomic E-state index is 0.781. The molecule has 0 radical (unpaired) electrons. The van der Waals surface area contributed by atoms with Crippen molar-refractivity contribution in [3.63, 3.8) is 0 Å². The zero-order chi connectivity index (χ0) is 8.27. The molecule has 1 aliphatic carbocycles. The molecule has 0 N–H and O–H groups in total. The van der Waals surface area contributed by atoms with Crippen LogP contribution in [0.1, 0.15) is 39.5 Å². The summed E-state index contributed by atoms with van der Waals surface area (Å²) in [5.74, 6) is 0.781. The van der Waals surface area contributed by atoms with Gasteiger partial charge in [0.05, 0.1) is 0 Å². The van der Waals surface area contributed by atoms with E-state index < -0.39 is 0 Å². The third-order valence-corrected chi connectivity index (χ3v) is 2.59. The van der Waals surface area contributed by atoms with E-state index in [1.165, 1.54) is 31.3 Å². The lowest BCUT2D eigenvalue weighted by atomic mass is 9.93. The van der Waals surface area contributed by atoms with Crippen molar-refractivity contribution < 1.29 is 0 Å². The fraction of sp³-hybridized carbons (Fsp3) is 0.636. The fourth-order valence-electron chi connectivity index (χ4n) is 1.67. The van der Waals surface area contributed by atoms with Gasteiger partial charge in [0.2, 0.25) is 0 Å². The van der Waals surface area contributed by atoms with Gasteiger partial charge in [-0.1, -0.05) is 23.8 Å². The summed E-state index contributed by atoms with van der Waals surface area (Å²) >= 11 is 0. The lowest BCUT2D eigenvalue weighted by Crippen LogP contribution is -1.98. The number of hydrogen-bond donors (Lipinski definition) is 0. The molecule has 1 unspecified atom stereocenters. The molecule has 1 aliphatic rings. The van der Waals surface area contributed by atoms with Crippen molar-refractivity contribution in [1.82, 2.24) is 0 Å². The second-order valence-corrected chi connectivity index (χ2v) is 3.71. The van der Waals surface area contributed by atoms with Gasteiger partial charge in [0.15, 0.2) is 0 Å². The van der Waals surface area contributed by atoms with E-state index >= 15 is 0 Å². The summed E-state index contributed by atoms with van der Waals surface area (Å²) < 4.78 is 0. The van der Waals surface area contributed by atoms with Gasteiger partial charge in [0.25, 0.3) is 0 Å². The molecule has 0 aromatic rings. The van der Waals surface area contributed by atoms with Crippen LogP contribution in [0.4, 0.5) is 0 Å². The van der Waals surface area contributed by atoms with Crippen LogP contribution in [-0.2, 0) is 0 Å². The maximum atomic E-state index is 4.02. The molecule has 0 saturated carbocycles. The van der Waals surface area contributed by atoms with Crippen molar-refractivity contribution in [3.05, 3.63) is 23.8 Å². The minimum Gasteiger partial charge on any atom is -0.0999 e. The van der Waals surface area contributed by atoms with Gasteiger partial charge < -0.3 is 0 Å².